The van der Waals surface area contributed by atoms with Crippen LogP contribution in [0.2, 0.25) is 0 Å². The summed E-state index contributed by atoms with van der Waals surface area (Å²) in [7, 11) is 0. The van der Waals surface area contributed by atoms with E-state index >= 15 is 0 Å². The molecule has 2 unspecified atom stereocenters. The zero-order valence-corrected chi connectivity index (χ0v) is 12.4. The van der Waals surface area contributed by atoms with Crippen LogP contribution in [0.5, 0.6) is 0 Å². The van der Waals surface area contributed by atoms with Crippen molar-refractivity contribution in [1.29, 1.82) is 0 Å². The van der Waals surface area contributed by atoms with Crippen LogP contribution >= 0.6 is 0 Å². The molecule has 1 aliphatic carbocycles. The number of allylic oxidation sites excluding steroid dienone is 2. The summed E-state index contributed by atoms with van der Waals surface area (Å²) >= 11 is 0. The second kappa shape index (κ2) is 8.49. The molecule has 1 rings (SSSR count). The Hall–Kier alpha value is -0.600. The van der Waals surface area contributed by atoms with E-state index in [2.05, 4.69) is 39.8 Å². The van der Waals surface area contributed by atoms with Crippen LogP contribution in [-0.2, 0) is 9.47 Å². The Morgan fingerprint density at radius 2 is 1.22 bits per heavy atom. The molecule has 0 spiro atoms. The maximum atomic E-state index is 5.94. The van der Waals surface area contributed by atoms with Crippen molar-refractivity contribution in [3.05, 3.63) is 23.3 Å². The van der Waals surface area contributed by atoms with Crippen molar-refractivity contribution in [2.24, 2.45) is 0 Å². The Balaban J connectivity index is 2.36. The van der Waals surface area contributed by atoms with Crippen LogP contribution in [0.25, 0.3) is 0 Å². The van der Waals surface area contributed by atoms with E-state index in [1.807, 2.05) is 0 Å². The summed E-state index contributed by atoms with van der Waals surface area (Å²) < 4.78 is 11.9. The minimum Gasteiger partial charge on any atom is -0.371 e. The first-order valence-corrected chi connectivity index (χ1v) is 7.09. The van der Waals surface area contributed by atoms with E-state index in [0.29, 0.717) is 0 Å². The number of rotatable bonds is 6. The summed E-state index contributed by atoms with van der Waals surface area (Å²) in [5.41, 5.74) is 2.63. The van der Waals surface area contributed by atoms with Crippen molar-refractivity contribution in [2.45, 2.75) is 65.6 Å². The van der Waals surface area contributed by atoms with Gasteiger partial charge in [0.15, 0.2) is 0 Å². The van der Waals surface area contributed by atoms with Crippen LogP contribution in [0.15, 0.2) is 23.3 Å². The molecule has 0 bridgehead atoms. The van der Waals surface area contributed by atoms with Crippen LogP contribution in [0.4, 0.5) is 0 Å². The van der Waals surface area contributed by atoms with Crippen LogP contribution in [0.3, 0.4) is 0 Å². The Labute approximate surface area is 112 Å². The van der Waals surface area contributed by atoms with E-state index in [4.69, 9.17) is 9.47 Å². The van der Waals surface area contributed by atoms with Gasteiger partial charge in [0.25, 0.3) is 0 Å². The van der Waals surface area contributed by atoms with Gasteiger partial charge in [-0.1, -0.05) is 36.1 Å². The minimum atomic E-state index is 0.278. The summed E-state index contributed by atoms with van der Waals surface area (Å²) in [6, 6.07) is 0. The van der Waals surface area contributed by atoms with Gasteiger partial charge in [-0.05, 0) is 40.5 Å². The van der Waals surface area contributed by atoms with Gasteiger partial charge in [0.1, 0.15) is 0 Å². The first-order chi connectivity index (χ1) is 8.59. The predicted molar refractivity (Wildman–Crippen MR) is 76.8 cm³/mol. The van der Waals surface area contributed by atoms with Gasteiger partial charge in [0, 0.05) is 0 Å². The lowest BCUT2D eigenvalue weighted by Gasteiger charge is -2.31. The smallest absolute Gasteiger partial charge is 0.0841 e. The molecule has 104 valence electrons. The maximum Gasteiger partial charge on any atom is 0.0841 e. The van der Waals surface area contributed by atoms with E-state index in [-0.39, 0.29) is 12.2 Å². The fourth-order valence-corrected chi connectivity index (χ4v) is 2.12. The standard InChI is InChI=1S/C16H28O2/c1-13(2)9-11-17-15-7-5-6-8-16(15)18-12-10-14(3)4/h9-10,15-16H,5-8,11-12H2,1-4H3. The van der Waals surface area contributed by atoms with Crippen LogP contribution < -0.4 is 0 Å². The molecule has 0 aromatic rings. The molecule has 0 amide bonds. The SMILES string of the molecule is CC(C)=CCOC1CCCCC1OCC=C(C)C. The highest BCUT2D eigenvalue weighted by molar-refractivity contribution is 4.94. The lowest BCUT2D eigenvalue weighted by molar-refractivity contribution is -0.0784. The van der Waals surface area contributed by atoms with Crippen LogP contribution in [0, 0.1) is 0 Å². The lowest BCUT2D eigenvalue weighted by atomic mass is 9.94. The zero-order valence-electron chi connectivity index (χ0n) is 12.4. The highest BCUT2D eigenvalue weighted by atomic mass is 16.5. The highest BCUT2D eigenvalue weighted by Crippen LogP contribution is 2.24. The van der Waals surface area contributed by atoms with Crippen LogP contribution in [-0.4, -0.2) is 25.4 Å². The average molecular weight is 252 g/mol. The molecule has 18 heavy (non-hydrogen) atoms. The molecule has 0 heterocycles. The van der Waals surface area contributed by atoms with Crippen molar-refractivity contribution in [1.82, 2.24) is 0 Å². The first kappa shape index (κ1) is 15.5. The van der Waals surface area contributed by atoms with E-state index in [1.54, 1.807) is 0 Å². The molecule has 0 radical (unpaired) electrons. The molecule has 2 atom stereocenters. The van der Waals surface area contributed by atoms with E-state index < -0.39 is 0 Å². The Bertz CT molecular complexity index is 253. The molecule has 1 saturated carbocycles. The zero-order chi connectivity index (χ0) is 13.4. The van der Waals surface area contributed by atoms with Gasteiger partial charge in [-0.25, -0.2) is 0 Å². The van der Waals surface area contributed by atoms with E-state index in [1.165, 1.54) is 24.0 Å². The van der Waals surface area contributed by atoms with E-state index in [9.17, 15) is 0 Å². The first-order valence-electron chi connectivity index (χ1n) is 7.09. The minimum absolute atomic E-state index is 0.278. The molecule has 2 heteroatoms. The average Bonchev–Trinajstić information content (AvgIpc) is 2.30. The van der Waals surface area contributed by atoms with E-state index in [0.717, 1.165) is 26.1 Å². The molecule has 0 aromatic heterocycles. The topological polar surface area (TPSA) is 18.5 Å². The van der Waals surface area contributed by atoms with Gasteiger partial charge < -0.3 is 9.47 Å². The molecule has 0 saturated heterocycles. The number of hydrogen-bond donors (Lipinski definition) is 0. The van der Waals surface area contributed by atoms with Crippen molar-refractivity contribution in [2.75, 3.05) is 13.2 Å². The van der Waals surface area contributed by atoms with Gasteiger partial charge >= 0.3 is 0 Å². The molecule has 1 aliphatic rings. The predicted octanol–water partition coefficient (Wildman–Crippen LogP) is 4.26. The summed E-state index contributed by atoms with van der Waals surface area (Å²) in [5.74, 6) is 0. The number of ether oxygens (including phenoxy) is 2. The number of hydrogen-bond acceptors (Lipinski definition) is 2. The lowest BCUT2D eigenvalue weighted by Crippen LogP contribution is -2.35. The molecule has 0 aromatic carbocycles. The molecule has 0 aliphatic heterocycles. The highest BCUT2D eigenvalue weighted by Gasteiger charge is 2.25. The Kier molecular flexibility index (Phi) is 7.29. The molecular formula is C16H28O2. The third kappa shape index (κ3) is 6.36. The monoisotopic (exact) mass is 252 g/mol. The third-order valence-corrected chi connectivity index (χ3v) is 3.25. The Morgan fingerprint density at radius 3 is 1.56 bits per heavy atom. The van der Waals surface area contributed by atoms with Gasteiger partial charge in [-0.3, -0.25) is 0 Å². The van der Waals surface area contributed by atoms with Gasteiger partial charge in [0.2, 0.25) is 0 Å². The maximum absolute atomic E-state index is 5.94. The van der Waals surface area contributed by atoms with Crippen LogP contribution in [0.1, 0.15) is 53.4 Å². The van der Waals surface area contributed by atoms with Crippen molar-refractivity contribution < 1.29 is 9.47 Å². The molecule has 0 N–H and O–H groups in total. The van der Waals surface area contributed by atoms with Crippen molar-refractivity contribution >= 4 is 0 Å². The van der Waals surface area contributed by atoms with Crippen molar-refractivity contribution in [3.63, 3.8) is 0 Å². The summed E-state index contributed by atoms with van der Waals surface area (Å²) in [5, 5.41) is 0. The fourth-order valence-electron chi connectivity index (χ4n) is 2.12. The molecular weight excluding hydrogens is 224 g/mol. The summed E-state index contributed by atoms with van der Waals surface area (Å²) in [6.45, 7) is 9.85. The normalized spacial score (nSPS) is 23.6. The van der Waals surface area contributed by atoms with Crippen molar-refractivity contribution in [3.8, 4) is 0 Å². The van der Waals surface area contributed by atoms with Gasteiger partial charge in [0.05, 0.1) is 25.4 Å². The Morgan fingerprint density at radius 1 is 0.833 bits per heavy atom. The summed E-state index contributed by atoms with van der Waals surface area (Å²) in [6.07, 6.45) is 9.64. The fraction of sp³-hybridized carbons (Fsp3) is 0.750. The largest absolute Gasteiger partial charge is 0.371 e. The summed E-state index contributed by atoms with van der Waals surface area (Å²) in [4.78, 5) is 0. The molecule has 2 nitrogen and oxygen atoms in total. The molecule has 1 fully saturated rings. The second-order valence-corrected chi connectivity index (χ2v) is 5.59. The third-order valence-electron chi connectivity index (χ3n) is 3.25. The second-order valence-electron chi connectivity index (χ2n) is 5.59. The quantitative estimate of drug-likeness (QED) is 0.657. The van der Waals surface area contributed by atoms with Gasteiger partial charge in [-0.15, -0.1) is 0 Å². The van der Waals surface area contributed by atoms with Gasteiger partial charge in [-0.2, -0.15) is 0 Å².